The second kappa shape index (κ2) is 6.30. The van der Waals surface area contributed by atoms with Crippen molar-refractivity contribution in [1.29, 1.82) is 0 Å². The number of aromatic nitrogens is 3. The topological polar surface area (TPSA) is 73.9 Å². The van der Waals surface area contributed by atoms with E-state index in [0.717, 1.165) is 5.75 Å². The van der Waals surface area contributed by atoms with Gasteiger partial charge in [0.15, 0.2) is 11.0 Å². The Morgan fingerprint density at radius 3 is 2.62 bits per heavy atom. The maximum atomic E-state index is 5.76. The minimum absolute atomic E-state index is 0.0863. The number of hydrogen-bond acceptors (Lipinski definition) is 6. The standard InChI is InChI=1S/C15H20N4OS/c1-15(2,3)10-6-5-7-11(8-10)20-9-12-17-13(16)19-14(18-12)21-4/h5-8H,9H2,1-4H3,(H2,16,17,18,19). The summed E-state index contributed by atoms with van der Waals surface area (Å²) in [6.07, 6.45) is 1.90. The van der Waals surface area contributed by atoms with E-state index in [1.165, 1.54) is 17.3 Å². The van der Waals surface area contributed by atoms with Gasteiger partial charge < -0.3 is 10.5 Å². The molecule has 0 fully saturated rings. The van der Waals surface area contributed by atoms with Crippen LogP contribution in [0.5, 0.6) is 5.75 Å². The maximum absolute atomic E-state index is 5.76. The number of anilines is 1. The molecule has 0 amide bonds. The first-order chi connectivity index (χ1) is 9.88. The molecule has 2 rings (SSSR count). The van der Waals surface area contributed by atoms with Crippen LogP contribution in [0.25, 0.3) is 0 Å². The van der Waals surface area contributed by atoms with Gasteiger partial charge in [-0.15, -0.1) is 0 Å². The summed E-state index contributed by atoms with van der Waals surface area (Å²) in [5.74, 6) is 1.55. The van der Waals surface area contributed by atoms with E-state index in [0.29, 0.717) is 11.0 Å². The number of rotatable bonds is 4. The molecule has 2 N–H and O–H groups in total. The molecule has 0 radical (unpaired) electrons. The van der Waals surface area contributed by atoms with E-state index in [1.807, 2.05) is 24.5 Å². The zero-order valence-electron chi connectivity index (χ0n) is 12.8. The fourth-order valence-electron chi connectivity index (χ4n) is 1.77. The van der Waals surface area contributed by atoms with E-state index in [9.17, 15) is 0 Å². The number of nitrogens with two attached hydrogens (primary N) is 1. The summed E-state index contributed by atoms with van der Waals surface area (Å²) >= 11 is 1.43. The molecule has 0 saturated carbocycles. The van der Waals surface area contributed by atoms with Gasteiger partial charge in [-0.1, -0.05) is 44.7 Å². The Hall–Kier alpha value is -1.82. The van der Waals surface area contributed by atoms with Gasteiger partial charge in [-0.2, -0.15) is 9.97 Å². The third-order valence-corrected chi connectivity index (χ3v) is 3.48. The Balaban J connectivity index is 2.11. The lowest BCUT2D eigenvalue weighted by atomic mass is 9.87. The van der Waals surface area contributed by atoms with E-state index < -0.39 is 0 Å². The third kappa shape index (κ3) is 4.32. The quantitative estimate of drug-likeness (QED) is 0.875. The predicted octanol–water partition coefficient (Wildman–Crippen LogP) is 3.05. The highest BCUT2D eigenvalue weighted by Gasteiger charge is 2.14. The molecule has 1 heterocycles. The molecule has 0 atom stereocenters. The second-order valence-electron chi connectivity index (χ2n) is 5.66. The number of nitrogens with zero attached hydrogens (tertiary/aromatic N) is 3. The Morgan fingerprint density at radius 1 is 1.19 bits per heavy atom. The summed E-state index contributed by atoms with van der Waals surface area (Å²) in [6, 6.07) is 8.06. The number of thioether (sulfide) groups is 1. The van der Waals surface area contributed by atoms with Gasteiger partial charge in [0.1, 0.15) is 12.4 Å². The first kappa shape index (κ1) is 15.6. The van der Waals surface area contributed by atoms with Crippen molar-refractivity contribution in [2.75, 3.05) is 12.0 Å². The minimum Gasteiger partial charge on any atom is -0.486 e. The molecule has 0 aliphatic rings. The molecule has 0 bridgehead atoms. The number of nitrogen functional groups attached to an aromatic ring is 1. The predicted molar refractivity (Wildman–Crippen MR) is 85.5 cm³/mol. The maximum Gasteiger partial charge on any atom is 0.224 e. The van der Waals surface area contributed by atoms with Crippen LogP contribution in [0.2, 0.25) is 0 Å². The Kier molecular flexibility index (Phi) is 4.67. The summed E-state index contributed by atoms with van der Waals surface area (Å²) in [4.78, 5) is 12.4. The molecule has 6 heteroatoms. The van der Waals surface area contributed by atoms with Crippen LogP contribution < -0.4 is 10.5 Å². The van der Waals surface area contributed by atoms with E-state index in [4.69, 9.17) is 10.5 Å². The molecule has 2 aromatic rings. The van der Waals surface area contributed by atoms with Gasteiger partial charge >= 0.3 is 0 Å². The van der Waals surface area contributed by atoms with Gasteiger partial charge in [0.05, 0.1) is 0 Å². The van der Waals surface area contributed by atoms with Crippen LogP contribution >= 0.6 is 11.8 Å². The number of ether oxygens (including phenoxy) is 1. The summed E-state index contributed by atoms with van der Waals surface area (Å²) in [5.41, 5.74) is 6.96. The lowest BCUT2D eigenvalue weighted by Gasteiger charge is -2.19. The average Bonchev–Trinajstić information content (AvgIpc) is 2.44. The van der Waals surface area contributed by atoms with Crippen LogP contribution in [0.4, 0.5) is 5.95 Å². The molecule has 0 spiro atoms. The van der Waals surface area contributed by atoms with Crippen molar-refractivity contribution < 1.29 is 4.74 Å². The van der Waals surface area contributed by atoms with E-state index in [-0.39, 0.29) is 18.0 Å². The molecule has 21 heavy (non-hydrogen) atoms. The van der Waals surface area contributed by atoms with Crippen LogP contribution in [0.15, 0.2) is 29.4 Å². The number of hydrogen-bond donors (Lipinski definition) is 1. The Labute approximate surface area is 129 Å². The van der Waals surface area contributed by atoms with Crippen LogP contribution in [-0.2, 0) is 12.0 Å². The van der Waals surface area contributed by atoms with Crippen molar-refractivity contribution >= 4 is 17.7 Å². The molecular weight excluding hydrogens is 284 g/mol. The second-order valence-corrected chi connectivity index (χ2v) is 6.44. The van der Waals surface area contributed by atoms with Crippen LogP contribution in [0.3, 0.4) is 0 Å². The first-order valence-corrected chi connectivity index (χ1v) is 7.89. The third-order valence-electron chi connectivity index (χ3n) is 2.93. The molecule has 0 unspecified atom stereocenters. The monoisotopic (exact) mass is 304 g/mol. The Bertz CT molecular complexity index is 625. The van der Waals surface area contributed by atoms with Gasteiger partial charge in [0.25, 0.3) is 0 Å². The van der Waals surface area contributed by atoms with Crippen molar-refractivity contribution in [3.8, 4) is 5.75 Å². The summed E-state index contributed by atoms with van der Waals surface area (Å²) < 4.78 is 5.76. The first-order valence-electron chi connectivity index (χ1n) is 6.66. The molecule has 112 valence electrons. The molecular formula is C15H20N4OS. The van der Waals surface area contributed by atoms with Gasteiger partial charge in [0.2, 0.25) is 5.95 Å². The lowest BCUT2D eigenvalue weighted by Crippen LogP contribution is -2.11. The van der Waals surface area contributed by atoms with Crippen molar-refractivity contribution in [2.45, 2.75) is 37.9 Å². The molecule has 0 aliphatic heterocycles. The summed E-state index contributed by atoms with van der Waals surface area (Å²) in [6.45, 7) is 6.78. The van der Waals surface area contributed by atoms with Crippen LogP contribution in [0, 0.1) is 0 Å². The van der Waals surface area contributed by atoms with Crippen molar-refractivity contribution in [1.82, 2.24) is 15.0 Å². The lowest BCUT2D eigenvalue weighted by molar-refractivity contribution is 0.293. The van der Waals surface area contributed by atoms with Crippen LogP contribution in [-0.4, -0.2) is 21.2 Å². The Morgan fingerprint density at radius 2 is 1.95 bits per heavy atom. The van der Waals surface area contributed by atoms with Gasteiger partial charge in [0, 0.05) is 0 Å². The molecule has 5 nitrogen and oxygen atoms in total. The van der Waals surface area contributed by atoms with E-state index >= 15 is 0 Å². The highest BCUT2D eigenvalue weighted by atomic mass is 32.2. The number of benzene rings is 1. The van der Waals surface area contributed by atoms with Crippen LogP contribution in [0.1, 0.15) is 32.2 Å². The van der Waals surface area contributed by atoms with Crippen molar-refractivity contribution in [2.24, 2.45) is 0 Å². The largest absolute Gasteiger partial charge is 0.486 e. The van der Waals surface area contributed by atoms with Gasteiger partial charge in [-0.3, -0.25) is 0 Å². The average molecular weight is 304 g/mol. The highest BCUT2D eigenvalue weighted by molar-refractivity contribution is 7.98. The fraction of sp³-hybridized carbons (Fsp3) is 0.400. The smallest absolute Gasteiger partial charge is 0.224 e. The van der Waals surface area contributed by atoms with E-state index in [2.05, 4.69) is 41.8 Å². The molecule has 1 aromatic carbocycles. The van der Waals surface area contributed by atoms with Gasteiger partial charge in [-0.05, 0) is 29.4 Å². The zero-order chi connectivity index (χ0) is 15.5. The highest BCUT2D eigenvalue weighted by Crippen LogP contribution is 2.25. The molecule has 0 aliphatic carbocycles. The zero-order valence-corrected chi connectivity index (χ0v) is 13.6. The van der Waals surface area contributed by atoms with Gasteiger partial charge in [-0.25, -0.2) is 4.98 Å². The summed E-state index contributed by atoms with van der Waals surface area (Å²) in [7, 11) is 0. The minimum atomic E-state index is 0.0863. The summed E-state index contributed by atoms with van der Waals surface area (Å²) in [5, 5.41) is 0.601. The fourth-order valence-corrected chi connectivity index (χ4v) is 2.15. The molecule has 1 aromatic heterocycles. The molecule has 0 saturated heterocycles. The van der Waals surface area contributed by atoms with Crippen molar-refractivity contribution in [3.63, 3.8) is 0 Å². The van der Waals surface area contributed by atoms with E-state index in [1.54, 1.807) is 0 Å². The normalized spacial score (nSPS) is 11.4. The van der Waals surface area contributed by atoms with Crippen molar-refractivity contribution in [3.05, 3.63) is 35.7 Å². The SMILES string of the molecule is CSc1nc(N)nc(COc2cccc(C(C)(C)C)c2)n1.